The van der Waals surface area contributed by atoms with Gasteiger partial charge in [-0.3, -0.25) is 5.10 Å². The van der Waals surface area contributed by atoms with Gasteiger partial charge in [0.05, 0.1) is 23.8 Å². The van der Waals surface area contributed by atoms with Gasteiger partial charge in [0.2, 0.25) is 5.16 Å². The molecular formula is C18H18BrN3O2S. The molecule has 0 saturated carbocycles. The largest absolute Gasteiger partial charge is 0.496 e. The first-order valence-electron chi connectivity index (χ1n) is 7.81. The average molecular weight is 420 g/mol. The van der Waals surface area contributed by atoms with E-state index in [1.807, 2.05) is 49.4 Å². The van der Waals surface area contributed by atoms with Gasteiger partial charge in [-0.2, -0.15) is 0 Å². The number of aromatic amines is 1. The molecule has 0 atom stereocenters. The van der Waals surface area contributed by atoms with Crippen molar-refractivity contribution in [3.05, 3.63) is 52.5 Å². The summed E-state index contributed by atoms with van der Waals surface area (Å²) in [6.45, 7) is 2.57. The number of methoxy groups -OCH3 is 1. The van der Waals surface area contributed by atoms with E-state index in [0.29, 0.717) is 17.6 Å². The van der Waals surface area contributed by atoms with Gasteiger partial charge >= 0.3 is 0 Å². The Kier molecular flexibility index (Phi) is 5.99. The van der Waals surface area contributed by atoms with Crippen LogP contribution >= 0.6 is 27.7 Å². The lowest BCUT2D eigenvalue weighted by Crippen LogP contribution is -1.94. The second kappa shape index (κ2) is 8.40. The molecule has 130 valence electrons. The van der Waals surface area contributed by atoms with E-state index in [1.54, 1.807) is 18.9 Å². The smallest absolute Gasteiger partial charge is 0.209 e. The summed E-state index contributed by atoms with van der Waals surface area (Å²) >= 11 is 5.08. The molecule has 7 heteroatoms. The molecule has 0 spiro atoms. The normalized spacial score (nSPS) is 10.7. The van der Waals surface area contributed by atoms with Crippen molar-refractivity contribution in [1.29, 1.82) is 0 Å². The molecule has 5 nitrogen and oxygen atoms in total. The lowest BCUT2D eigenvalue weighted by molar-refractivity contribution is 0.341. The van der Waals surface area contributed by atoms with E-state index in [0.717, 1.165) is 27.3 Å². The van der Waals surface area contributed by atoms with Gasteiger partial charge in [-0.25, -0.2) is 4.98 Å². The summed E-state index contributed by atoms with van der Waals surface area (Å²) in [6, 6.07) is 13.8. The summed E-state index contributed by atoms with van der Waals surface area (Å²) in [7, 11) is 1.66. The number of nitrogens with one attached hydrogen (secondary N) is 1. The highest BCUT2D eigenvalue weighted by Crippen LogP contribution is 2.30. The fraction of sp³-hybridized carbons (Fsp3) is 0.222. The molecule has 25 heavy (non-hydrogen) atoms. The quantitative estimate of drug-likeness (QED) is 0.549. The third kappa shape index (κ3) is 4.35. The number of para-hydroxylation sites is 1. The first-order chi connectivity index (χ1) is 12.2. The number of hydrogen-bond donors (Lipinski definition) is 1. The van der Waals surface area contributed by atoms with Gasteiger partial charge in [0, 0.05) is 5.75 Å². The maximum absolute atomic E-state index is 5.65. The van der Waals surface area contributed by atoms with Gasteiger partial charge in [-0.05, 0) is 52.7 Å². The zero-order valence-electron chi connectivity index (χ0n) is 14.0. The Balaban J connectivity index is 1.71. The van der Waals surface area contributed by atoms with Crippen LogP contribution in [-0.2, 0) is 5.75 Å². The molecule has 0 aliphatic carbocycles. The molecule has 1 heterocycles. The number of aromatic nitrogens is 3. The van der Waals surface area contributed by atoms with Crippen LogP contribution in [0.3, 0.4) is 0 Å². The molecule has 0 saturated heterocycles. The minimum absolute atomic E-state index is 0.610. The second-order valence-electron chi connectivity index (χ2n) is 5.15. The molecule has 0 radical (unpaired) electrons. The summed E-state index contributed by atoms with van der Waals surface area (Å²) in [5, 5.41) is 8.00. The van der Waals surface area contributed by atoms with Crippen LogP contribution in [0.2, 0.25) is 0 Å². The number of H-pyrrole nitrogens is 1. The first kappa shape index (κ1) is 17.8. The predicted octanol–water partition coefficient (Wildman–Crippen LogP) is 4.93. The minimum atomic E-state index is 0.610. The third-order valence-corrected chi connectivity index (χ3v) is 5.03. The van der Waals surface area contributed by atoms with Crippen LogP contribution in [0.25, 0.3) is 11.4 Å². The highest BCUT2D eigenvalue weighted by Gasteiger charge is 2.11. The van der Waals surface area contributed by atoms with Crippen molar-refractivity contribution in [2.75, 3.05) is 13.7 Å². The molecule has 0 aliphatic heterocycles. The van der Waals surface area contributed by atoms with Crippen molar-refractivity contribution in [3.63, 3.8) is 0 Å². The van der Waals surface area contributed by atoms with Crippen molar-refractivity contribution in [3.8, 4) is 22.9 Å². The van der Waals surface area contributed by atoms with E-state index in [2.05, 4.69) is 31.1 Å². The monoisotopic (exact) mass is 419 g/mol. The van der Waals surface area contributed by atoms with E-state index in [-0.39, 0.29) is 0 Å². The zero-order chi connectivity index (χ0) is 17.6. The second-order valence-corrected chi connectivity index (χ2v) is 6.95. The van der Waals surface area contributed by atoms with Gasteiger partial charge in [0.25, 0.3) is 0 Å². The van der Waals surface area contributed by atoms with Gasteiger partial charge in [0.15, 0.2) is 5.82 Å². The molecule has 0 aliphatic rings. The third-order valence-electron chi connectivity index (χ3n) is 3.49. The maximum atomic E-state index is 5.65. The Morgan fingerprint density at radius 3 is 2.76 bits per heavy atom. The van der Waals surface area contributed by atoms with Gasteiger partial charge < -0.3 is 9.47 Å². The van der Waals surface area contributed by atoms with Gasteiger partial charge in [0.1, 0.15) is 11.5 Å². The highest BCUT2D eigenvalue weighted by atomic mass is 79.9. The number of rotatable bonds is 7. The molecule has 1 N–H and O–H groups in total. The molecule has 3 rings (SSSR count). The molecule has 3 aromatic rings. The van der Waals surface area contributed by atoms with E-state index < -0.39 is 0 Å². The van der Waals surface area contributed by atoms with Crippen LogP contribution in [0, 0.1) is 0 Å². The van der Waals surface area contributed by atoms with Crippen LogP contribution in [0.1, 0.15) is 12.5 Å². The van der Waals surface area contributed by atoms with Gasteiger partial charge in [-0.15, -0.1) is 5.10 Å². The summed E-state index contributed by atoms with van der Waals surface area (Å²) in [5.74, 6) is 3.10. The number of benzene rings is 2. The average Bonchev–Trinajstić information content (AvgIpc) is 3.10. The Bertz CT molecular complexity index is 854. The van der Waals surface area contributed by atoms with Crippen LogP contribution in [-0.4, -0.2) is 28.9 Å². The number of ether oxygens (including phenoxy) is 2. The Hall–Kier alpha value is -1.99. The SMILES string of the molecule is CCOc1ccccc1-c1nc(SCc2ccc(OC)c(Br)c2)n[nH]1. The molecule has 0 bridgehead atoms. The number of nitrogens with zero attached hydrogens (tertiary/aromatic N) is 2. The number of thioether (sulfide) groups is 1. The number of halogens is 1. The maximum Gasteiger partial charge on any atom is 0.209 e. The van der Waals surface area contributed by atoms with Crippen molar-refractivity contribution in [1.82, 2.24) is 15.2 Å². The fourth-order valence-corrected chi connectivity index (χ4v) is 3.65. The molecule has 0 fully saturated rings. The summed E-state index contributed by atoms with van der Waals surface area (Å²) in [6.07, 6.45) is 0. The summed E-state index contributed by atoms with van der Waals surface area (Å²) < 4.78 is 11.8. The molecule has 2 aromatic carbocycles. The molecular weight excluding hydrogens is 402 g/mol. The van der Waals surface area contributed by atoms with E-state index in [4.69, 9.17) is 9.47 Å². The van der Waals surface area contributed by atoms with Gasteiger partial charge in [-0.1, -0.05) is 30.0 Å². The highest BCUT2D eigenvalue weighted by molar-refractivity contribution is 9.10. The van der Waals surface area contributed by atoms with Crippen LogP contribution in [0.15, 0.2) is 52.1 Å². The zero-order valence-corrected chi connectivity index (χ0v) is 16.4. The van der Waals surface area contributed by atoms with Crippen LogP contribution in [0.5, 0.6) is 11.5 Å². The lowest BCUT2D eigenvalue weighted by Gasteiger charge is -2.06. The topological polar surface area (TPSA) is 60.0 Å². The molecule has 0 unspecified atom stereocenters. The molecule has 0 amide bonds. The lowest BCUT2D eigenvalue weighted by atomic mass is 10.2. The van der Waals surface area contributed by atoms with Crippen molar-refractivity contribution in [2.24, 2.45) is 0 Å². The minimum Gasteiger partial charge on any atom is -0.496 e. The Morgan fingerprint density at radius 1 is 1.16 bits per heavy atom. The molecule has 1 aromatic heterocycles. The first-order valence-corrected chi connectivity index (χ1v) is 9.59. The summed E-state index contributed by atoms with van der Waals surface area (Å²) in [5.41, 5.74) is 2.08. The van der Waals surface area contributed by atoms with Crippen LogP contribution < -0.4 is 9.47 Å². The van der Waals surface area contributed by atoms with E-state index in [1.165, 1.54) is 5.56 Å². The number of hydrogen-bond acceptors (Lipinski definition) is 5. The van der Waals surface area contributed by atoms with Crippen LogP contribution in [0.4, 0.5) is 0 Å². The van der Waals surface area contributed by atoms with Crippen molar-refractivity contribution >= 4 is 27.7 Å². The van der Waals surface area contributed by atoms with E-state index in [9.17, 15) is 0 Å². The Labute approximate surface area is 159 Å². The standard InChI is InChI=1S/C18H18BrN3O2S/c1-3-24-15-7-5-4-6-13(15)17-20-18(22-21-17)25-11-12-8-9-16(23-2)14(19)10-12/h4-10H,3,11H2,1-2H3,(H,20,21,22). The predicted molar refractivity (Wildman–Crippen MR) is 103 cm³/mol. The Morgan fingerprint density at radius 2 is 2.00 bits per heavy atom. The van der Waals surface area contributed by atoms with Crippen molar-refractivity contribution < 1.29 is 9.47 Å². The van der Waals surface area contributed by atoms with E-state index >= 15 is 0 Å². The fourth-order valence-electron chi connectivity index (χ4n) is 2.32. The van der Waals surface area contributed by atoms with Crippen molar-refractivity contribution in [2.45, 2.75) is 17.8 Å². The summed E-state index contributed by atoms with van der Waals surface area (Å²) in [4.78, 5) is 4.57.